The number of rotatable bonds is 4. The SMILES string of the molecule is CC=Cc1[nH]nc(Nc2ccc(S(=O)O)cc2)c1C. The smallest absolute Gasteiger partial charge is 0.186 e. The van der Waals surface area contributed by atoms with E-state index in [0.717, 1.165) is 22.8 Å². The Kier molecular flexibility index (Phi) is 4.13. The van der Waals surface area contributed by atoms with E-state index < -0.39 is 11.1 Å². The van der Waals surface area contributed by atoms with Crippen LogP contribution in [-0.4, -0.2) is 19.0 Å². The summed E-state index contributed by atoms with van der Waals surface area (Å²) in [5.74, 6) is 0.742. The third kappa shape index (κ3) is 3.10. The molecule has 0 aliphatic rings. The summed E-state index contributed by atoms with van der Waals surface area (Å²) in [4.78, 5) is 0.374. The van der Waals surface area contributed by atoms with Crippen LogP contribution < -0.4 is 5.32 Å². The van der Waals surface area contributed by atoms with Gasteiger partial charge in [0.1, 0.15) is 0 Å². The Hall–Kier alpha value is -1.92. The van der Waals surface area contributed by atoms with Gasteiger partial charge in [-0.1, -0.05) is 6.08 Å². The molecule has 2 aromatic rings. The van der Waals surface area contributed by atoms with Crippen LogP contribution in [0.4, 0.5) is 11.5 Å². The third-order valence-corrected chi connectivity index (χ3v) is 3.37. The molecule has 3 N–H and O–H groups in total. The van der Waals surface area contributed by atoms with E-state index >= 15 is 0 Å². The standard InChI is InChI=1S/C13H15N3O2S/c1-3-4-12-9(2)13(16-15-12)14-10-5-7-11(8-6-10)19(17)18/h3-8H,1-2H3,(H,17,18)(H2,14,15,16). The van der Waals surface area contributed by atoms with Crippen molar-refractivity contribution in [3.05, 3.63) is 41.6 Å². The van der Waals surface area contributed by atoms with Crippen molar-refractivity contribution in [3.8, 4) is 0 Å². The fourth-order valence-electron chi connectivity index (χ4n) is 1.65. The zero-order valence-electron chi connectivity index (χ0n) is 10.7. The lowest BCUT2D eigenvalue weighted by Gasteiger charge is -2.04. The molecule has 1 aromatic heterocycles. The van der Waals surface area contributed by atoms with Crippen molar-refractivity contribution < 1.29 is 8.76 Å². The van der Waals surface area contributed by atoms with E-state index in [1.807, 2.05) is 26.0 Å². The van der Waals surface area contributed by atoms with E-state index in [9.17, 15) is 4.21 Å². The zero-order chi connectivity index (χ0) is 13.8. The highest BCUT2D eigenvalue weighted by atomic mass is 32.2. The molecule has 0 saturated heterocycles. The van der Waals surface area contributed by atoms with Crippen LogP contribution in [0.2, 0.25) is 0 Å². The number of benzene rings is 1. The van der Waals surface area contributed by atoms with Gasteiger partial charge in [-0.15, -0.1) is 0 Å². The van der Waals surface area contributed by atoms with E-state index in [-0.39, 0.29) is 0 Å². The molecule has 0 saturated carbocycles. The minimum Gasteiger partial charge on any atom is -0.339 e. The highest BCUT2D eigenvalue weighted by molar-refractivity contribution is 7.79. The first-order valence-electron chi connectivity index (χ1n) is 5.77. The van der Waals surface area contributed by atoms with Crippen LogP contribution in [0.15, 0.2) is 35.2 Å². The Morgan fingerprint density at radius 3 is 2.63 bits per heavy atom. The summed E-state index contributed by atoms with van der Waals surface area (Å²) in [7, 11) is 0. The van der Waals surface area contributed by atoms with Crippen LogP contribution in [-0.2, 0) is 11.1 Å². The Morgan fingerprint density at radius 1 is 1.37 bits per heavy atom. The molecule has 100 valence electrons. The van der Waals surface area contributed by atoms with Gasteiger partial charge in [-0.3, -0.25) is 5.10 Å². The van der Waals surface area contributed by atoms with E-state index in [1.54, 1.807) is 24.3 Å². The molecule has 0 aliphatic heterocycles. The number of anilines is 2. The average molecular weight is 277 g/mol. The number of aromatic amines is 1. The Bertz CT molecular complexity index is 617. The van der Waals surface area contributed by atoms with Crippen LogP contribution in [0.25, 0.3) is 6.08 Å². The van der Waals surface area contributed by atoms with Gasteiger partial charge in [-0.25, -0.2) is 4.21 Å². The lowest BCUT2D eigenvalue weighted by atomic mass is 10.2. The second-order valence-electron chi connectivity index (χ2n) is 4.01. The highest BCUT2D eigenvalue weighted by Gasteiger charge is 2.07. The summed E-state index contributed by atoms with van der Waals surface area (Å²) in [5.41, 5.74) is 2.79. The molecule has 0 spiro atoms. The van der Waals surface area contributed by atoms with Crippen LogP contribution >= 0.6 is 0 Å². The lowest BCUT2D eigenvalue weighted by Crippen LogP contribution is -1.94. The largest absolute Gasteiger partial charge is 0.339 e. The minimum atomic E-state index is -1.95. The van der Waals surface area contributed by atoms with Crippen molar-refractivity contribution in [2.75, 3.05) is 5.32 Å². The average Bonchev–Trinajstić information content (AvgIpc) is 2.73. The van der Waals surface area contributed by atoms with Crippen molar-refractivity contribution in [3.63, 3.8) is 0 Å². The number of hydrogen-bond donors (Lipinski definition) is 3. The van der Waals surface area contributed by atoms with Crippen molar-refractivity contribution in [2.24, 2.45) is 0 Å². The van der Waals surface area contributed by atoms with Crippen molar-refractivity contribution in [1.29, 1.82) is 0 Å². The summed E-state index contributed by atoms with van der Waals surface area (Å²) in [6, 6.07) is 6.69. The maximum absolute atomic E-state index is 10.9. The van der Waals surface area contributed by atoms with Gasteiger partial charge < -0.3 is 9.87 Å². The molecule has 6 heteroatoms. The number of allylic oxidation sites excluding steroid dienone is 1. The molecule has 5 nitrogen and oxygen atoms in total. The molecule has 0 fully saturated rings. The normalized spacial score (nSPS) is 12.8. The molecule has 1 atom stereocenters. The maximum atomic E-state index is 10.9. The summed E-state index contributed by atoms with van der Waals surface area (Å²) < 4.78 is 19.8. The van der Waals surface area contributed by atoms with Gasteiger partial charge in [0.05, 0.1) is 10.6 Å². The van der Waals surface area contributed by atoms with Crippen LogP contribution in [0.3, 0.4) is 0 Å². The predicted octanol–water partition coefficient (Wildman–Crippen LogP) is 3.08. The van der Waals surface area contributed by atoms with Crippen LogP contribution in [0.1, 0.15) is 18.2 Å². The predicted molar refractivity (Wildman–Crippen MR) is 76.8 cm³/mol. The first-order chi connectivity index (χ1) is 9.11. The molecule has 0 amide bonds. The molecule has 0 radical (unpaired) electrons. The number of nitrogens with zero attached hydrogens (tertiary/aromatic N) is 1. The first-order valence-corrected chi connectivity index (χ1v) is 6.88. The van der Waals surface area contributed by atoms with E-state index in [0.29, 0.717) is 4.90 Å². The molecule has 19 heavy (non-hydrogen) atoms. The topological polar surface area (TPSA) is 78.0 Å². The summed E-state index contributed by atoms with van der Waals surface area (Å²) in [6.07, 6.45) is 3.89. The second-order valence-corrected chi connectivity index (χ2v) is 4.98. The zero-order valence-corrected chi connectivity index (χ0v) is 11.5. The fourth-order valence-corrected chi connectivity index (χ4v) is 2.02. The van der Waals surface area contributed by atoms with E-state index in [2.05, 4.69) is 15.5 Å². The van der Waals surface area contributed by atoms with Gasteiger partial charge in [-0.05, 0) is 44.2 Å². The van der Waals surface area contributed by atoms with Gasteiger partial charge in [0.2, 0.25) is 0 Å². The summed E-state index contributed by atoms with van der Waals surface area (Å²) in [6.45, 7) is 3.92. The molecule has 0 aliphatic carbocycles. The highest BCUT2D eigenvalue weighted by Crippen LogP contribution is 2.21. The van der Waals surface area contributed by atoms with Crippen LogP contribution in [0.5, 0.6) is 0 Å². The fraction of sp³-hybridized carbons (Fsp3) is 0.154. The molecule has 2 rings (SSSR count). The quantitative estimate of drug-likeness (QED) is 0.750. The molecule has 1 heterocycles. The Labute approximate surface area is 114 Å². The van der Waals surface area contributed by atoms with Crippen molar-refractivity contribution >= 4 is 28.7 Å². The molecule has 1 unspecified atom stereocenters. The first kappa shape index (κ1) is 13.5. The Morgan fingerprint density at radius 2 is 2.05 bits per heavy atom. The van der Waals surface area contributed by atoms with Gasteiger partial charge in [0, 0.05) is 11.3 Å². The van der Waals surface area contributed by atoms with Crippen LogP contribution in [0, 0.1) is 6.92 Å². The Balaban J connectivity index is 2.19. The van der Waals surface area contributed by atoms with E-state index in [4.69, 9.17) is 4.55 Å². The van der Waals surface area contributed by atoms with Crippen molar-refractivity contribution in [2.45, 2.75) is 18.7 Å². The van der Waals surface area contributed by atoms with E-state index in [1.165, 1.54) is 0 Å². The number of hydrogen-bond acceptors (Lipinski definition) is 3. The second kappa shape index (κ2) is 5.81. The van der Waals surface area contributed by atoms with Gasteiger partial charge in [0.15, 0.2) is 16.9 Å². The molecular formula is C13H15N3O2S. The summed E-state index contributed by atoms with van der Waals surface area (Å²) >= 11 is -1.95. The number of aromatic nitrogens is 2. The molecule has 0 bridgehead atoms. The minimum absolute atomic E-state index is 0.374. The molecular weight excluding hydrogens is 262 g/mol. The lowest BCUT2D eigenvalue weighted by molar-refractivity contribution is 0.564. The van der Waals surface area contributed by atoms with Gasteiger partial charge in [0.25, 0.3) is 0 Å². The number of H-pyrrole nitrogens is 1. The maximum Gasteiger partial charge on any atom is 0.186 e. The van der Waals surface area contributed by atoms with Crippen molar-refractivity contribution in [1.82, 2.24) is 10.2 Å². The third-order valence-electron chi connectivity index (χ3n) is 2.70. The summed E-state index contributed by atoms with van der Waals surface area (Å²) in [5, 5.41) is 10.3. The molecule has 1 aromatic carbocycles. The van der Waals surface area contributed by atoms with Gasteiger partial charge >= 0.3 is 0 Å². The number of nitrogens with one attached hydrogen (secondary N) is 2. The monoisotopic (exact) mass is 277 g/mol. The van der Waals surface area contributed by atoms with Gasteiger partial charge in [-0.2, -0.15) is 5.10 Å².